The highest BCUT2D eigenvalue weighted by Crippen LogP contribution is 2.30. The predicted octanol–water partition coefficient (Wildman–Crippen LogP) is 2.37. The van der Waals surface area contributed by atoms with Crippen molar-refractivity contribution in [2.45, 2.75) is 97.0 Å². The molecule has 1 rings (SSSR count). The lowest BCUT2D eigenvalue weighted by atomic mass is 10.1. The summed E-state index contributed by atoms with van der Waals surface area (Å²) in [6, 6.07) is -0.893. The Balaban J connectivity index is 2.67. The minimum atomic E-state index is -0.959. The normalized spacial score (nSPS) is 21.8. The number of rotatable bonds is 8. The number of esters is 1. The molecule has 3 N–H and O–H groups in total. The first-order chi connectivity index (χ1) is 14.0. The first-order valence-electron chi connectivity index (χ1n) is 10.1. The van der Waals surface area contributed by atoms with E-state index in [1.165, 1.54) is 11.8 Å². The fourth-order valence-electron chi connectivity index (χ4n) is 2.72. The first kappa shape index (κ1) is 27.5. The zero-order valence-corrected chi connectivity index (χ0v) is 20.4. The van der Waals surface area contributed by atoms with Crippen LogP contribution in [-0.2, 0) is 28.5 Å². The first-order valence-corrected chi connectivity index (χ1v) is 11.3. The zero-order chi connectivity index (χ0) is 24.0. The van der Waals surface area contributed by atoms with Crippen LogP contribution in [-0.4, -0.2) is 69.9 Å². The molecule has 11 heteroatoms. The van der Waals surface area contributed by atoms with Crippen molar-refractivity contribution in [2.75, 3.05) is 11.5 Å². The van der Waals surface area contributed by atoms with Crippen LogP contribution in [0.4, 0.5) is 4.79 Å². The Morgan fingerprint density at radius 1 is 1.06 bits per heavy atom. The molecule has 0 bridgehead atoms. The molecule has 0 aromatic heterocycles. The van der Waals surface area contributed by atoms with Crippen molar-refractivity contribution in [2.24, 2.45) is 0 Å². The van der Waals surface area contributed by atoms with Gasteiger partial charge in [-0.3, -0.25) is 10.0 Å². The number of hydrogen-bond acceptors (Lipinski definition) is 9. The van der Waals surface area contributed by atoms with E-state index in [0.29, 0.717) is 11.5 Å². The zero-order valence-electron chi connectivity index (χ0n) is 19.6. The summed E-state index contributed by atoms with van der Waals surface area (Å²) in [4.78, 5) is 36.5. The van der Waals surface area contributed by atoms with Crippen LogP contribution in [0.15, 0.2) is 0 Å². The fraction of sp³-hybridized carbons (Fsp3) is 0.850. The third-order valence-corrected chi connectivity index (χ3v) is 4.86. The van der Waals surface area contributed by atoms with Crippen LogP contribution < -0.4 is 10.8 Å². The smallest absolute Gasteiger partial charge is 0.408 e. The van der Waals surface area contributed by atoms with Crippen molar-refractivity contribution in [1.82, 2.24) is 10.8 Å². The second-order valence-electron chi connectivity index (χ2n) is 9.67. The van der Waals surface area contributed by atoms with Gasteiger partial charge in [0.2, 0.25) is 0 Å². The van der Waals surface area contributed by atoms with Gasteiger partial charge in [0.25, 0.3) is 5.91 Å². The van der Waals surface area contributed by atoms with E-state index < -0.39 is 53.2 Å². The van der Waals surface area contributed by atoms with Crippen molar-refractivity contribution in [3.05, 3.63) is 0 Å². The number of ether oxygens (including phenoxy) is 4. The molecule has 0 aliphatic carbocycles. The lowest BCUT2D eigenvalue weighted by molar-refractivity contribution is -0.159. The van der Waals surface area contributed by atoms with E-state index in [-0.39, 0.29) is 6.42 Å². The van der Waals surface area contributed by atoms with Gasteiger partial charge in [-0.2, -0.15) is 11.8 Å². The molecule has 1 saturated heterocycles. The summed E-state index contributed by atoms with van der Waals surface area (Å²) in [7, 11) is 0. The van der Waals surface area contributed by atoms with Crippen LogP contribution in [0.2, 0.25) is 0 Å². The number of amides is 2. The van der Waals surface area contributed by atoms with Gasteiger partial charge in [0.05, 0.1) is 0 Å². The van der Waals surface area contributed by atoms with E-state index in [9.17, 15) is 14.4 Å². The van der Waals surface area contributed by atoms with Crippen molar-refractivity contribution in [3.8, 4) is 0 Å². The van der Waals surface area contributed by atoms with Gasteiger partial charge in [0.1, 0.15) is 23.3 Å². The van der Waals surface area contributed by atoms with E-state index >= 15 is 0 Å². The number of thioether (sulfide) groups is 1. The quantitative estimate of drug-likeness (QED) is 0.214. The average Bonchev–Trinajstić information content (AvgIpc) is 2.88. The highest BCUT2D eigenvalue weighted by Gasteiger charge is 2.45. The molecule has 0 saturated carbocycles. The Labute approximate surface area is 188 Å². The van der Waals surface area contributed by atoms with Crippen molar-refractivity contribution in [1.29, 1.82) is 0 Å². The Morgan fingerprint density at radius 2 is 1.65 bits per heavy atom. The summed E-state index contributed by atoms with van der Waals surface area (Å²) in [6.07, 6.45) is -1.95. The van der Waals surface area contributed by atoms with Gasteiger partial charge >= 0.3 is 12.1 Å². The maximum atomic E-state index is 12.5. The van der Waals surface area contributed by atoms with E-state index in [4.69, 9.17) is 24.2 Å². The number of hydrogen-bond donors (Lipinski definition) is 3. The van der Waals surface area contributed by atoms with Gasteiger partial charge in [0.15, 0.2) is 11.9 Å². The van der Waals surface area contributed by atoms with Crippen molar-refractivity contribution < 1.29 is 38.5 Å². The third kappa shape index (κ3) is 10.5. The van der Waals surface area contributed by atoms with E-state index in [2.05, 4.69) is 5.32 Å². The summed E-state index contributed by atoms with van der Waals surface area (Å²) in [6.45, 7) is 13.8. The minimum Gasteiger partial charge on any atom is -0.458 e. The largest absolute Gasteiger partial charge is 0.458 e. The fourth-order valence-corrected chi connectivity index (χ4v) is 3.76. The third-order valence-electron chi connectivity index (χ3n) is 3.77. The molecule has 0 aromatic rings. The predicted molar refractivity (Wildman–Crippen MR) is 115 cm³/mol. The molecule has 1 heterocycles. The molecule has 3 atom stereocenters. The lowest BCUT2D eigenvalue weighted by Gasteiger charge is -2.26. The van der Waals surface area contributed by atoms with Gasteiger partial charge < -0.3 is 24.3 Å². The number of alkyl carbamates (subject to hydrolysis) is 1. The van der Waals surface area contributed by atoms with Crippen LogP contribution >= 0.6 is 11.8 Å². The molecule has 0 unspecified atom stereocenters. The Kier molecular flexibility index (Phi) is 9.61. The SMILES string of the molecule is CC(C)(C)OC(=O)N[C@@H](CCSC[C@@H]1OC(C)(C)O[C@H]1C(=O)NO)C(=O)OC(C)(C)C. The number of nitrogens with one attached hydrogen (secondary N) is 2. The number of carbonyl (C=O) groups is 3. The van der Waals surface area contributed by atoms with Crippen LogP contribution in [0.1, 0.15) is 61.8 Å². The Bertz CT molecular complexity index is 642. The molecule has 1 aliphatic heterocycles. The average molecular weight is 465 g/mol. The molecule has 0 radical (unpaired) electrons. The lowest BCUT2D eigenvalue weighted by Crippen LogP contribution is -2.46. The topological polar surface area (TPSA) is 132 Å². The standard InChI is InChI=1S/C20H36N2O8S/c1-18(2,3)29-16(24)12(21-17(25)30-19(4,5)6)9-10-31-11-13-14(15(23)22-26)28-20(7,8)27-13/h12-14,26H,9-11H2,1-8H3,(H,21,25)(H,22,23)/t12-,13-,14+/m0/s1. The van der Waals surface area contributed by atoms with E-state index in [1.807, 2.05) is 0 Å². The minimum absolute atomic E-state index is 0.284. The van der Waals surface area contributed by atoms with Crippen LogP contribution in [0.3, 0.4) is 0 Å². The molecule has 180 valence electrons. The highest BCUT2D eigenvalue weighted by molar-refractivity contribution is 7.99. The molecule has 10 nitrogen and oxygen atoms in total. The molecule has 1 aliphatic rings. The number of carbonyl (C=O) groups excluding carboxylic acids is 3. The van der Waals surface area contributed by atoms with E-state index in [0.717, 1.165) is 0 Å². The summed E-state index contributed by atoms with van der Waals surface area (Å²) in [5.74, 6) is -1.35. The summed E-state index contributed by atoms with van der Waals surface area (Å²) in [5, 5.41) is 11.5. The summed E-state index contributed by atoms with van der Waals surface area (Å²) in [5.41, 5.74) is 0.177. The molecular formula is C20H36N2O8S. The molecule has 1 fully saturated rings. The molecule has 2 amide bonds. The van der Waals surface area contributed by atoms with Crippen LogP contribution in [0, 0.1) is 0 Å². The van der Waals surface area contributed by atoms with Gasteiger partial charge in [-0.1, -0.05) is 0 Å². The van der Waals surface area contributed by atoms with Crippen LogP contribution in [0.25, 0.3) is 0 Å². The maximum Gasteiger partial charge on any atom is 0.408 e. The second-order valence-corrected chi connectivity index (χ2v) is 10.8. The monoisotopic (exact) mass is 464 g/mol. The Hall–Kier alpha value is -1.56. The molecule has 31 heavy (non-hydrogen) atoms. The maximum absolute atomic E-state index is 12.5. The van der Waals surface area contributed by atoms with Crippen molar-refractivity contribution >= 4 is 29.7 Å². The van der Waals surface area contributed by atoms with Gasteiger partial charge in [-0.15, -0.1) is 0 Å². The molecule has 0 spiro atoms. The molecular weight excluding hydrogens is 428 g/mol. The second kappa shape index (κ2) is 10.8. The van der Waals surface area contributed by atoms with Crippen LogP contribution in [0.5, 0.6) is 0 Å². The van der Waals surface area contributed by atoms with Crippen molar-refractivity contribution in [3.63, 3.8) is 0 Å². The van der Waals surface area contributed by atoms with Gasteiger partial charge in [0, 0.05) is 5.75 Å². The highest BCUT2D eigenvalue weighted by atomic mass is 32.2. The summed E-state index contributed by atoms with van der Waals surface area (Å²) >= 11 is 1.42. The molecule has 0 aromatic carbocycles. The summed E-state index contributed by atoms with van der Waals surface area (Å²) < 4.78 is 21.9. The van der Waals surface area contributed by atoms with Gasteiger partial charge in [-0.25, -0.2) is 15.1 Å². The van der Waals surface area contributed by atoms with Gasteiger partial charge in [-0.05, 0) is 67.6 Å². The number of hydroxylamine groups is 1. The van der Waals surface area contributed by atoms with E-state index in [1.54, 1.807) is 60.9 Å². The Morgan fingerprint density at radius 3 is 2.16 bits per heavy atom.